The minimum Gasteiger partial charge on any atom is -0.311 e. The van der Waals surface area contributed by atoms with Crippen molar-refractivity contribution >= 4 is 78.0 Å². The van der Waals surface area contributed by atoms with Gasteiger partial charge in [-0.1, -0.05) is 166 Å². The fourth-order valence-corrected chi connectivity index (χ4v) is 14.6. The lowest BCUT2D eigenvalue weighted by atomic mass is 9.36. The van der Waals surface area contributed by atoms with Crippen LogP contribution in [0.25, 0.3) is 43.5 Å². The molecule has 0 radical (unpaired) electrons. The van der Waals surface area contributed by atoms with Gasteiger partial charge in [-0.15, -0.1) is 11.3 Å². The van der Waals surface area contributed by atoms with E-state index in [9.17, 15) is 0 Å². The van der Waals surface area contributed by atoms with E-state index in [0.29, 0.717) is 11.8 Å². The number of para-hydroxylation sites is 1. The Labute approximate surface area is 416 Å². The van der Waals surface area contributed by atoms with Gasteiger partial charge in [0.15, 0.2) is 0 Å². The van der Waals surface area contributed by atoms with Crippen LogP contribution in [0.2, 0.25) is 0 Å². The monoisotopic (exact) mass is 916 g/mol. The molecular formula is C66H53BN2S. The largest absolute Gasteiger partial charge is 0.311 e. The molecule has 4 aliphatic rings. The molecule has 1 aromatic heterocycles. The molecule has 0 atom stereocenters. The number of anilines is 6. The van der Waals surface area contributed by atoms with E-state index in [0.717, 1.165) is 0 Å². The third-order valence-electron chi connectivity index (χ3n) is 16.1. The minimum atomic E-state index is -0.419. The first kappa shape index (κ1) is 41.6. The number of hydrogen-bond acceptors (Lipinski definition) is 3. The molecule has 0 saturated carbocycles. The fraction of sp³-hybridized carbons (Fsp3) is 0.152. The highest BCUT2D eigenvalue weighted by Gasteiger charge is 2.53. The molecule has 0 amide bonds. The smallest absolute Gasteiger partial charge is 0.264 e. The first-order valence-electron chi connectivity index (χ1n) is 25.2. The van der Waals surface area contributed by atoms with E-state index in [2.05, 4.69) is 240 Å². The van der Waals surface area contributed by atoms with Crippen molar-refractivity contribution in [3.63, 3.8) is 0 Å². The molecule has 0 bridgehead atoms. The highest BCUT2D eigenvalue weighted by Crippen LogP contribution is 2.64. The Morgan fingerprint density at radius 1 is 0.457 bits per heavy atom. The van der Waals surface area contributed by atoms with E-state index in [-0.39, 0.29) is 6.71 Å². The van der Waals surface area contributed by atoms with Crippen LogP contribution in [-0.2, 0) is 5.41 Å². The number of aryl methyl sites for hydroxylation is 3. The zero-order valence-electron chi connectivity index (χ0n) is 40.9. The molecule has 2 nitrogen and oxygen atoms in total. The average molecular weight is 917 g/mol. The standard InChI is InChI=1S/C66H53BN2S/c1-38(2)46-20-15-21-47(39(3)4)62(46)43-27-31-57-58(35-43)68(44-16-9-8-10-17-44)59-33-42(7)34-60-63(59)67(57)65-64(69(60)45-28-24-40(5)25-29-45)52-36-51-50-30-26-41(6)32-55(50)66(56(51)37-61(52)70-65)53-22-13-11-18-48(53)49-19-12-14-23-54(49)66/h8-39H,1-7H3. The molecule has 2 aliphatic carbocycles. The molecule has 0 saturated heterocycles. The second kappa shape index (κ2) is 15.1. The van der Waals surface area contributed by atoms with Crippen LogP contribution in [0.1, 0.15) is 89.6 Å². The molecule has 14 rings (SSSR count). The topological polar surface area (TPSA) is 6.48 Å². The van der Waals surface area contributed by atoms with Crippen LogP contribution in [0.4, 0.5) is 34.1 Å². The van der Waals surface area contributed by atoms with Crippen molar-refractivity contribution in [1.82, 2.24) is 0 Å². The van der Waals surface area contributed by atoms with Crippen LogP contribution in [0.15, 0.2) is 182 Å². The van der Waals surface area contributed by atoms with E-state index in [4.69, 9.17) is 0 Å². The molecule has 2 aliphatic heterocycles. The Morgan fingerprint density at radius 3 is 1.74 bits per heavy atom. The predicted molar refractivity (Wildman–Crippen MR) is 300 cm³/mol. The summed E-state index contributed by atoms with van der Waals surface area (Å²) in [5, 5.41) is 1.31. The van der Waals surface area contributed by atoms with Gasteiger partial charge >= 0.3 is 0 Å². The third kappa shape index (κ3) is 5.57. The van der Waals surface area contributed by atoms with Crippen LogP contribution in [0, 0.1) is 20.8 Å². The minimum absolute atomic E-state index is 0.0142. The van der Waals surface area contributed by atoms with Gasteiger partial charge in [-0.25, -0.2) is 0 Å². The number of thiophene rings is 1. The van der Waals surface area contributed by atoms with E-state index >= 15 is 0 Å². The zero-order chi connectivity index (χ0) is 47.3. The molecule has 3 heterocycles. The van der Waals surface area contributed by atoms with Gasteiger partial charge in [0.05, 0.1) is 11.1 Å². The molecule has 0 N–H and O–H groups in total. The zero-order valence-corrected chi connectivity index (χ0v) is 41.7. The molecule has 1 spiro atoms. The van der Waals surface area contributed by atoms with Crippen molar-refractivity contribution in [1.29, 1.82) is 0 Å². The number of hydrogen-bond donors (Lipinski definition) is 0. The van der Waals surface area contributed by atoms with Crippen molar-refractivity contribution in [2.45, 2.75) is 65.7 Å². The van der Waals surface area contributed by atoms with Crippen LogP contribution in [0.3, 0.4) is 0 Å². The molecule has 336 valence electrons. The number of nitrogens with zero attached hydrogens (tertiary/aromatic N) is 2. The summed E-state index contributed by atoms with van der Waals surface area (Å²) >= 11 is 2.01. The van der Waals surface area contributed by atoms with Crippen molar-refractivity contribution in [3.8, 4) is 33.4 Å². The molecule has 0 fully saturated rings. The van der Waals surface area contributed by atoms with E-state index in [1.54, 1.807) is 0 Å². The lowest BCUT2D eigenvalue weighted by Gasteiger charge is -2.43. The van der Waals surface area contributed by atoms with Crippen molar-refractivity contribution < 1.29 is 0 Å². The third-order valence-corrected chi connectivity index (χ3v) is 17.3. The molecule has 10 aromatic rings. The lowest BCUT2D eigenvalue weighted by Crippen LogP contribution is -2.60. The van der Waals surface area contributed by atoms with E-state index in [1.807, 2.05) is 11.3 Å². The van der Waals surface area contributed by atoms with Gasteiger partial charge in [0, 0.05) is 43.3 Å². The fourth-order valence-electron chi connectivity index (χ4n) is 13.2. The van der Waals surface area contributed by atoms with E-state index < -0.39 is 5.41 Å². The summed E-state index contributed by atoms with van der Waals surface area (Å²) in [7, 11) is 0. The summed E-state index contributed by atoms with van der Waals surface area (Å²) < 4.78 is 2.73. The van der Waals surface area contributed by atoms with Gasteiger partial charge in [-0.3, -0.25) is 0 Å². The summed E-state index contributed by atoms with van der Waals surface area (Å²) in [6, 6.07) is 70.4. The van der Waals surface area contributed by atoms with Gasteiger partial charge in [-0.05, 0) is 170 Å². The van der Waals surface area contributed by atoms with Gasteiger partial charge < -0.3 is 9.80 Å². The van der Waals surface area contributed by atoms with E-state index in [1.165, 1.54) is 143 Å². The van der Waals surface area contributed by atoms with Gasteiger partial charge in [0.25, 0.3) is 6.71 Å². The van der Waals surface area contributed by atoms with Crippen LogP contribution < -0.4 is 25.5 Å². The normalized spacial score (nSPS) is 14.2. The van der Waals surface area contributed by atoms with Crippen molar-refractivity contribution in [2.75, 3.05) is 9.80 Å². The predicted octanol–water partition coefficient (Wildman–Crippen LogP) is 16.2. The Hall–Kier alpha value is -7.40. The Morgan fingerprint density at radius 2 is 1.06 bits per heavy atom. The van der Waals surface area contributed by atoms with Gasteiger partial charge in [-0.2, -0.15) is 0 Å². The summed E-state index contributed by atoms with van der Waals surface area (Å²) in [4.78, 5) is 5.20. The molecule has 70 heavy (non-hydrogen) atoms. The van der Waals surface area contributed by atoms with Crippen molar-refractivity contribution in [2.24, 2.45) is 0 Å². The first-order chi connectivity index (χ1) is 34.1. The maximum atomic E-state index is 2.62. The van der Waals surface area contributed by atoms with Crippen LogP contribution >= 0.6 is 11.3 Å². The highest BCUT2D eigenvalue weighted by atomic mass is 32.1. The van der Waals surface area contributed by atoms with Gasteiger partial charge in [0.2, 0.25) is 0 Å². The highest BCUT2D eigenvalue weighted by molar-refractivity contribution is 7.33. The Bertz CT molecular complexity index is 3770. The molecular weight excluding hydrogens is 864 g/mol. The molecule has 9 aromatic carbocycles. The quantitative estimate of drug-likeness (QED) is 0.159. The van der Waals surface area contributed by atoms with Crippen LogP contribution in [0.5, 0.6) is 0 Å². The summed E-state index contributed by atoms with van der Waals surface area (Å²) in [5.41, 5.74) is 29.9. The Balaban J connectivity index is 1.09. The molecule has 0 unspecified atom stereocenters. The summed E-state index contributed by atoms with van der Waals surface area (Å²) in [6.07, 6.45) is 0. The number of rotatable bonds is 5. The summed E-state index contributed by atoms with van der Waals surface area (Å²) in [5.74, 6) is 0.770. The molecule has 4 heteroatoms. The van der Waals surface area contributed by atoms with Gasteiger partial charge in [0.1, 0.15) is 0 Å². The average Bonchev–Trinajstić information content (AvgIpc) is 3.99. The van der Waals surface area contributed by atoms with Crippen LogP contribution in [-0.4, -0.2) is 6.71 Å². The SMILES string of the molecule is Cc1ccc(N2c3cc(C)cc4c3B(c3ccc(-c5c(C(C)C)cccc5C(C)C)cc3N4c3ccccc3)c3sc4cc5c(cc4c32)-c2ccc(C)cc2C52c3ccccc3-c3ccccc32)cc1. The second-order valence-electron chi connectivity index (χ2n) is 21.0. The van der Waals surface area contributed by atoms with Crippen molar-refractivity contribution in [3.05, 3.63) is 232 Å². The maximum Gasteiger partial charge on any atom is 0.264 e. The number of benzene rings is 9. The maximum absolute atomic E-state index is 2.62. The first-order valence-corrected chi connectivity index (χ1v) is 26.0. The number of fused-ring (bicyclic) bond motifs is 16. The second-order valence-corrected chi connectivity index (χ2v) is 22.1. The Kier molecular flexibility index (Phi) is 8.94. The summed E-state index contributed by atoms with van der Waals surface area (Å²) in [6.45, 7) is 16.1. The lowest BCUT2D eigenvalue weighted by molar-refractivity contribution is 0.794.